The first-order valence-corrected chi connectivity index (χ1v) is 5.37. The average molecular weight is 228 g/mol. The molecule has 0 spiro atoms. The van der Waals surface area contributed by atoms with Crippen LogP contribution in [0.1, 0.15) is 5.69 Å². The van der Waals surface area contributed by atoms with Gasteiger partial charge in [0.15, 0.2) is 0 Å². The Bertz CT molecular complexity index is 339. The van der Waals surface area contributed by atoms with Gasteiger partial charge in [-0.3, -0.25) is 0 Å². The lowest BCUT2D eigenvalue weighted by Gasteiger charge is -2.28. The minimum atomic E-state index is 0.439. The maximum Gasteiger partial charge on any atom is 0.147 e. The smallest absolute Gasteiger partial charge is 0.147 e. The molecule has 2 N–H and O–H groups in total. The molecule has 4 nitrogen and oxygen atoms in total. The van der Waals surface area contributed by atoms with Gasteiger partial charge in [0.05, 0.1) is 23.9 Å². The molecule has 1 fully saturated rings. The molecule has 0 bridgehead atoms. The summed E-state index contributed by atoms with van der Waals surface area (Å²) in [5.74, 6) is 0.822. The third-order valence-corrected chi connectivity index (χ3v) is 2.70. The van der Waals surface area contributed by atoms with Gasteiger partial charge in [0.1, 0.15) is 5.82 Å². The number of hydrogen-bond acceptors (Lipinski definition) is 4. The zero-order chi connectivity index (χ0) is 10.7. The second-order valence-electron chi connectivity index (χ2n) is 3.41. The van der Waals surface area contributed by atoms with Crippen molar-refractivity contribution in [2.24, 2.45) is 5.73 Å². The fourth-order valence-corrected chi connectivity index (χ4v) is 1.81. The average Bonchev–Trinajstić information content (AvgIpc) is 2.31. The minimum Gasteiger partial charge on any atom is -0.378 e. The lowest BCUT2D eigenvalue weighted by Crippen LogP contribution is -2.37. The Labute approximate surface area is 94.0 Å². The van der Waals surface area contributed by atoms with Crippen molar-refractivity contribution in [3.8, 4) is 0 Å². The molecule has 0 saturated carbocycles. The highest BCUT2D eigenvalue weighted by Crippen LogP contribution is 2.24. The molecule has 1 aliphatic rings. The van der Waals surface area contributed by atoms with Crippen LogP contribution in [0.15, 0.2) is 12.1 Å². The Morgan fingerprint density at radius 3 is 2.80 bits per heavy atom. The number of halogens is 1. The summed E-state index contributed by atoms with van der Waals surface area (Å²) in [5.41, 5.74) is 6.41. The molecule has 1 aromatic heterocycles. The van der Waals surface area contributed by atoms with Crippen molar-refractivity contribution >= 4 is 17.4 Å². The van der Waals surface area contributed by atoms with E-state index in [1.807, 2.05) is 12.1 Å². The number of anilines is 1. The molecule has 1 saturated heterocycles. The highest BCUT2D eigenvalue weighted by Gasteiger charge is 2.15. The van der Waals surface area contributed by atoms with Gasteiger partial charge in [-0.1, -0.05) is 11.6 Å². The van der Waals surface area contributed by atoms with E-state index in [1.165, 1.54) is 0 Å². The normalized spacial score (nSPS) is 16.8. The fraction of sp³-hybridized carbons (Fsp3) is 0.500. The lowest BCUT2D eigenvalue weighted by atomic mass is 10.3. The molecule has 1 aliphatic heterocycles. The minimum absolute atomic E-state index is 0.439. The number of ether oxygens (including phenoxy) is 1. The highest BCUT2D eigenvalue weighted by molar-refractivity contribution is 6.32. The second-order valence-corrected chi connectivity index (χ2v) is 3.82. The maximum atomic E-state index is 6.10. The van der Waals surface area contributed by atoms with Crippen molar-refractivity contribution in [3.63, 3.8) is 0 Å². The Kier molecular flexibility index (Phi) is 3.41. The van der Waals surface area contributed by atoms with E-state index in [9.17, 15) is 0 Å². The molecule has 0 radical (unpaired) electrons. The van der Waals surface area contributed by atoms with Crippen molar-refractivity contribution < 1.29 is 4.74 Å². The van der Waals surface area contributed by atoms with Crippen molar-refractivity contribution in [2.45, 2.75) is 6.54 Å². The summed E-state index contributed by atoms with van der Waals surface area (Å²) in [5, 5.41) is 0.675. The number of nitrogens with zero attached hydrogens (tertiary/aromatic N) is 2. The number of nitrogens with two attached hydrogens (primary N) is 1. The van der Waals surface area contributed by atoms with Crippen molar-refractivity contribution in [2.75, 3.05) is 31.2 Å². The fourth-order valence-electron chi connectivity index (χ4n) is 1.58. The molecule has 0 unspecified atom stereocenters. The quantitative estimate of drug-likeness (QED) is 0.820. The first-order valence-electron chi connectivity index (χ1n) is 4.99. The van der Waals surface area contributed by atoms with E-state index in [0.717, 1.165) is 37.8 Å². The van der Waals surface area contributed by atoms with Crippen LogP contribution in [0, 0.1) is 0 Å². The number of aromatic nitrogens is 1. The van der Waals surface area contributed by atoms with E-state index in [4.69, 9.17) is 22.1 Å². The summed E-state index contributed by atoms with van der Waals surface area (Å²) in [7, 11) is 0. The van der Waals surface area contributed by atoms with Crippen molar-refractivity contribution in [1.29, 1.82) is 0 Å². The molecule has 82 valence electrons. The van der Waals surface area contributed by atoms with E-state index in [1.54, 1.807) is 0 Å². The van der Waals surface area contributed by atoms with Crippen LogP contribution in [0.2, 0.25) is 5.02 Å². The molecule has 0 aromatic carbocycles. The van der Waals surface area contributed by atoms with Crippen molar-refractivity contribution in [3.05, 3.63) is 22.8 Å². The van der Waals surface area contributed by atoms with Crippen LogP contribution >= 0.6 is 11.6 Å². The summed E-state index contributed by atoms with van der Waals surface area (Å²) >= 11 is 6.10. The highest BCUT2D eigenvalue weighted by atomic mass is 35.5. The molecule has 2 heterocycles. The number of rotatable bonds is 2. The van der Waals surface area contributed by atoms with Crippen LogP contribution in [0.4, 0.5) is 5.82 Å². The predicted octanol–water partition coefficient (Wildman–Crippen LogP) is 1.03. The summed E-state index contributed by atoms with van der Waals surface area (Å²) in [6, 6.07) is 3.70. The molecular weight excluding hydrogens is 214 g/mol. The molecule has 0 aliphatic carbocycles. The van der Waals surface area contributed by atoms with Gasteiger partial charge >= 0.3 is 0 Å². The molecule has 15 heavy (non-hydrogen) atoms. The van der Waals surface area contributed by atoms with E-state index in [-0.39, 0.29) is 0 Å². The van der Waals surface area contributed by atoms with E-state index in [2.05, 4.69) is 9.88 Å². The topological polar surface area (TPSA) is 51.4 Å². The summed E-state index contributed by atoms with van der Waals surface area (Å²) < 4.78 is 5.28. The SMILES string of the molecule is NCc1ccc(Cl)c(N2CCOCC2)n1. The van der Waals surface area contributed by atoms with Gasteiger partial charge in [-0.05, 0) is 12.1 Å². The van der Waals surface area contributed by atoms with Crippen LogP contribution in [0.5, 0.6) is 0 Å². The monoisotopic (exact) mass is 227 g/mol. The van der Waals surface area contributed by atoms with Crippen LogP contribution in [0.3, 0.4) is 0 Å². The van der Waals surface area contributed by atoms with Gasteiger partial charge in [-0.2, -0.15) is 0 Å². The summed E-state index contributed by atoms with van der Waals surface area (Å²) in [6.45, 7) is 3.56. The third kappa shape index (κ3) is 2.40. The van der Waals surface area contributed by atoms with Gasteiger partial charge in [0, 0.05) is 19.6 Å². The second kappa shape index (κ2) is 4.79. The Morgan fingerprint density at radius 2 is 2.13 bits per heavy atom. The largest absolute Gasteiger partial charge is 0.378 e. The van der Waals surface area contributed by atoms with E-state index < -0.39 is 0 Å². The lowest BCUT2D eigenvalue weighted by molar-refractivity contribution is 0.122. The van der Waals surface area contributed by atoms with Crippen LogP contribution < -0.4 is 10.6 Å². The summed E-state index contributed by atoms with van der Waals surface area (Å²) in [4.78, 5) is 6.56. The first-order chi connectivity index (χ1) is 7.31. The Balaban J connectivity index is 2.24. The first kappa shape index (κ1) is 10.7. The number of morpholine rings is 1. The molecule has 2 rings (SSSR count). The molecule has 0 amide bonds. The maximum absolute atomic E-state index is 6.10. The van der Waals surface area contributed by atoms with Gasteiger partial charge in [-0.15, -0.1) is 0 Å². The Morgan fingerprint density at radius 1 is 1.40 bits per heavy atom. The zero-order valence-electron chi connectivity index (χ0n) is 8.45. The number of hydrogen-bond donors (Lipinski definition) is 1. The predicted molar refractivity (Wildman–Crippen MR) is 60.2 cm³/mol. The summed E-state index contributed by atoms with van der Waals surface area (Å²) in [6.07, 6.45) is 0. The molecule has 0 atom stereocenters. The van der Waals surface area contributed by atoms with Gasteiger partial charge in [0.2, 0.25) is 0 Å². The van der Waals surface area contributed by atoms with Crippen LogP contribution in [0.25, 0.3) is 0 Å². The molecule has 1 aromatic rings. The van der Waals surface area contributed by atoms with Crippen molar-refractivity contribution in [1.82, 2.24) is 4.98 Å². The van der Waals surface area contributed by atoms with Gasteiger partial charge < -0.3 is 15.4 Å². The molecule has 5 heteroatoms. The van der Waals surface area contributed by atoms with Gasteiger partial charge in [0.25, 0.3) is 0 Å². The van der Waals surface area contributed by atoms with Crippen LogP contribution in [-0.4, -0.2) is 31.3 Å². The van der Waals surface area contributed by atoms with Gasteiger partial charge in [-0.25, -0.2) is 4.98 Å². The standard InChI is InChI=1S/C10H14ClN3O/c11-9-2-1-8(7-12)13-10(9)14-3-5-15-6-4-14/h1-2H,3-7,12H2. The van der Waals surface area contributed by atoms with E-state index in [0.29, 0.717) is 11.6 Å². The van der Waals surface area contributed by atoms with Crippen LogP contribution in [-0.2, 0) is 11.3 Å². The molecular formula is C10H14ClN3O. The Hall–Kier alpha value is -0.840. The third-order valence-electron chi connectivity index (χ3n) is 2.40. The number of pyridine rings is 1. The van der Waals surface area contributed by atoms with E-state index >= 15 is 0 Å². The zero-order valence-corrected chi connectivity index (χ0v) is 9.20.